The van der Waals surface area contributed by atoms with Gasteiger partial charge in [0.15, 0.2) is 5.75 Å². The Morgan fingerprint density at radius 1 is 1.03 bits per heavy atom. The van der Waals surface area contributed by atoms with Crippen LogP contribution >= 0.6 is 34.8 Å². The summed E-state index contributed by atoms with van der Waals surface area (Å²) in [6.07, 6.45) is -0.00812. The fraction of sp³-hybridized carbons (Fsp3) is 0.435. The zero-order valence-electron chi connectivity index (χ0n) is 17.6. The van der Waals surface area contributed by atoms with E-state index in [0.717, 1.165) is 11.1 Å². The van der Waals surface area contributed by atoms with Gasteiger partial charge in [-0.1, -0.05) is 61.3 Å². The summed E-state index contributed by atoms with van der Waals surface area (Å²) in [5.74, 6) is -3.83. The molecule has 2 rings (SSSR count). The van der Waals surface area contributed by atoms with Crippen LogP contribution in [0.1, 0.15) is 37.0 Å². The number of alkyl halides is 3. The molecule has 0 saturated carbocycles. The first kappa shape index (κ1) is 25.9. The molecule has 0 radical (unpaired) electrons. The van der Waals surface area contributed by atoms with Crippen LogP contribution in [-0.4, -0.2) is 37.9 Å². The van der Waals surface area contributed by atoms with Gasteiger partial charge in [-0.15, -0.1) is 11.6 Å². The number of hydrogen-bond donors (Lipinski definition) is 0. The quantitative estimate of drug-likeness (QED) is 0.257. The maximum atomic E-state index is 14.0. The average Bonchev–Trinajstić information content (AvgIpc) is 2.70. The summed E-state index contributed by atoms with van der Waals surface area (Å²) in [4.78, 5) is 11.5. The summed E-state index contributed by atoms with van der Waals surface area (Å²) in [7, 11) is 1.21. The van der Waals surface area contributed by atoms with E-state index in [9.17, 15) is 13.6 Å². The van der Waals surface area contributed by atoms with E-state index in [1.165, 1.54) is 7.11 Å². The van der Waals surface area contributed by atoms with E-state index in [1.54, 1.807) is 36.4 Å². The van der Waals surface area contributed by atoms with Crippen molar-refractivity contribution in [1.29, 1.82) is 0 Å². The van der Waals surface area contributed by atoms with Gasteiger partial charge in [-0.3, -0.25) is 4.79 Å². The van der Waals surface area contributed by atoms with Crippen molar-refractivity contribution in [3.8, 4) is 5.75 Å². The highest BCUT2D eigenvalue weighted by atomic mass is 35.5. The van der Waals surface area contributed by atoms with Gasteiger partial charge in [-0.25, -0.2) is 0 Å². The van der Waals surface area contributed by atoms with Gasteiger partial charge in [0.05, 0.1) is 16.7 Å². The van der Waals surface area contributed by atoms with Crippen molar-refractivity contribution in [1.82, 2.24) is 0 Å². The summed E-state index contributed by atoms with van der Waals surface area (Å²) in [5.41, 5.74) is 1.58. The number of ether oxygens (including phenoxy) is 2. The van der Waals surface area contributed by atoms with Gasteiger partial charge in [-0.2, -0.15) is 8.78 Å². The van der Waals surface area contributed by atoms with E-state index < -0.39 is 30.1 Å². The van der Waals surface area contributed by atoms with Crippen molar-refractivity contribution >= 4 is 40.6 Å². The lowest BCUT2D eigenvalue weighted by molar-refractivity contribution is -0.146. The molecule has 31 heavy (non-hydrogen) atoms. The molecule has 0 N–H and O–H groups in total. The first-order valence-corrected chi connectivity index (χ1v) is 11.0. The Kier molecular flexibility index (Phi) is 9.14. The van der Waals surface area contributed by atoms with Gasteiger partial charge in [0.2, 0.25) is 5.78 Å². The molecule has 0 heterocycles. The fourth-order valence-electron chi connectivity index (χ4n) is 3.08. The molecule has 8 heteroatoms. The highest BCUT2D eigenvalue weighted by Gasteiger charge is 2.38. The molecule has 3 nitrogen and oxygen atoms in total. The Morgan fingerprint density at radius 3 is 2.13 bits per heavy atom. The number of hydrogen-bond acceptors (Lipinski definition) is 3. The molecule has 0 aromatic heterocycles. The molecule has 0 bridgehead atoms. The minimum atomic E-state index is -3.48. The molecular formula is C23H25Cl3F2O3. The lowest BCUT2D eigenvalue weighted by atomic mass is 9.78. The van der Waals surface area contributed by atoms with Crippen LogP contribution in [-0.2, 0) is 21.4 Å². The van der Waals surface area contributed by atoms with E-state index in [0.29, 0.717) is 40.3 Å². The first-order valence-electron chi connectivity index (χ1n) is 9.70. The van der Waals surface area contributed by atoms with Crippen LogP contribution in [0.2, 0.25) is 10.0 Å². The third-order valence-corrected chi connectivity index (χ3v) is 5.86. The number of Topliss-reactive ketones (excluding diaryl/α,β-unsaturated/α-hetero) is 1. The van der Waals surface area contributed by atoms with E-state index >= 15 is 0 Å². The topological polar surface area (TPSA) is 35.5 Å². The molecule has 0 amide bonds. The van der Waals surface area contributed by atoms with Crippen LogP contribution in [0.15, 0.2) is 36.4 Å². The molecule has 2 aromatic rings. The zero-order valence-corrected chi connectivity index (χ0v) is 19.9. The molecule has 2 aromatic carbocycles. The van der Waals surface area contributed by atoms with E-state index in [4.69, 9.17) is 39.5 Å². The summed E-state index contributed by atoms with van der Waals surface area (Å²) >= 11 is 18.5. The Labute approximate surface area is 196 Å². The highest BCUT2D eigenvalue weighted by Crippen LogP contribution is 2.40. The summed E-state index contributed by atoms with van der Waals surface area (Å²) in [6, 6.07) is 10.3. The normalized spacial score (nSPS) is 12.1. The summed E-state index contributed by atoms with van der Waals surface area (Å²) in [5, 5.41) is 0.774. The lowest BCUT2D eigenvalue weighted by Gasteiger charge is -2.27. The number of ketones is 1. The standard InChI is InChI=1S/C23H25Cl3F2O3/c1-22(2,17-11-18(25)21(19(26)12-17)31-10-4-9-24)16-7-5-15(6-8-16)13-23(27,28)20(29)14-30-3/h5-8,11-12H,4,9-10,13-14H2,1-3H3. The van der Waals surface area contributed by atoms with E-state index in [-0.39, 0.29) is 0 Å². The molecule has 0 saturated heterocycles. The van der Waals surface area contributed by atoms with Crippen LogP contribution in [0.4, 0.5) is 8.78 Å². The Bertz CT molecular complexity index is 876. The van der Waals surface area contributed by atoms with E-state index in [1.807, 2.05) is 13.8 Å². The predicted molar refractivity (Wildman–Crippen MR) is 121 cm³/mol. The highest BCUT2D eigenvalue weighted by molar-refractivity contribution is 6.37. The van der Waals surface area contributed by atoms with Crippen molar-refractivity contribution in [3.05, 3.63) is 63.1 Å². The molecule has 0 fully saturated rings. The van der Waals surface area contributed by atoms with Crippen molar-refractivity contribution in [2.75, 3.05) is 26.2 Å². The Morgan fingerprint density at radius 2 is 1.61 bits per heavy atom. The van der Waals surface area contributed by atoms with Gasteiger partial charge in [0, 0.05) is 24.8 Å². The maximum absolute atomic E-state index is 14.0. The summed E-state index contributed by atoms with van der Waals surface area (Å²) < 4.78 is 38.3. The SMILES string of the molecule is COCC(=O)C(F)(F)Cc1ccc(C(C)(C)c2cc(Cl)c(OCCCCl)c(Cl)c2)cc1. The molecule has 0 aliphatic carbocycles. The molecule has 0 aliphatic heterocycles. The second-order valence-electron chi connectivity index (χ2n) is 7.72. The molecule has 0 spiro atoms. The molecule has 0 unspecified atom stereocenters. The Balaban J connectivity index is 2.23. The van der Waals surface area contributed by atoms with E-state index in [2.05, 4.69) is 4.74 Å². The third-order valence-electron chi connectivity index (χ3n) is 5.03. The van der Waals surface area contributed by atoms with Crippen molar-refractivity contribution < 1.29 is 23.0 Å². The van der Waals surface area contributed by atoms with Gasteiger partial charge in [-0.05, 0) is 35.2 Å². The van der Waals surface area contributed by atoms with Crippen LogP contribution < -0.4 is 4.74 Å². The number of halogens is 5. The zero-order chi connectivity index (χ0) is 23.2. The number of methoxy groups -OCH3 is 1. The van der Waals surface area contributed by atoms with Crippen LogP contribution in [0.25, 0.3) is 0 Å². The van der Waals surface area contributed by atoms with Crippen molar-refractivity contribution in [3.63, 3.8) is 0 Å². The smallest absolute Gasteiger partial charge is 0.311 e. The lowest BCUT2D eigenvalue weighted by Crippen LogP contribution is -2.34. The van der Waals surface area contributed by atoms with Crippen LogP contribution in [0.5, 0.6) is 5.75 Å². The number of rotatable bonds is 11. The minimum absolute atomic E-state index is 0.355. The second kappa shape index (κ2) is 11.0. The molecular weight excluding hydrogens is 469 g/mol. The number of carbonyl (C=O) groups excluding carboxylic acids is 1. The second-order valence-corrected chi connectivity index (χ2v) is 8.91. The maximum Gasteiger partial charge on any atom is 0.311 e. The Hall–Kier alpha value is -1.40. The monoisotopic (exact) mass is 492 g/mol. The van der Waals surface area contributed by atoms with Gasteiger partial charge < -0.3 is 9.47 Å². The summed E-state index contributed by atoms with van der Waals surface area (Å²) in [6.45, 7) is 3.75. The van der Waals surface area contributed by atoms with Crippen LogP contribution in [0.3, 0.4) is 0 Å². The molecule has 0 atom stereocenters. The van der Waals surface area contributed by atoms with Crippen LogP contribution in [0, 0.1) is 0 Å². The predicted octanol–water partition coefficient (Wildman–Crippen LogP) is 6.72. The van der Waals surface area contributed by atoms with Gasteiger partial charge in [0.25, 0.3) is 0 Å². The average molecular weight is 494 g/mol. The number of benzene rings is 2. The minimum Gasteiger partial charge on any atom is -0.490 e. The van der Waals surface area contributed by atoms with Gasteiger partial charge in [0.1, 0.15) is 6.61 Å². The third kappa shape index (κ3) is 6.55. The van der Waals surface area contributed by atoms with Crippen molar-refractivity contribution in [2.45, 2.75) is 38.0 Å². The van der Waals surface area contributed by atoms with Crippen molar-refractivity contribution in [2.24, 2.45) is 0 Å². The molecule has 0 aliphatic rings. The largest absolute Gasteiger partial charge is 0.490 e. The number of carbonyl (C=O) groups is 1. The molecule has 170 valence electrons. The first-order chi connectivity index (χ1) is 14.5. The van der Waals surface area contributed by atoms with Gasteiger partial charge >= 0.3 is 5.92 Å². The fourth-order valence-corrected chi connectivity index (χ4v) is 3.79.